The number of hydrogen-bond acceptors (Lipinski definition) is 2. The highest BCUT2D eigenvalue weighted by Gasteiger charge is 2.22. The number of nitrogens with one attached hydrogen (secondary N) is 1. The molecule has 0 spiro atoms. The molecule has 1 saturated carbocycles. The van der Waals surface area contributed by atoms with E-state index < -0.39 is 0 Å². The summed E-state index contributed by atoms with van der Waals surface area (Å²) in [6, 6.07) is 7.85. The van der Waals surface area contributed by atoms with Crippen molar-refractivity contribution >= 4 is 0 Å². The average Bonchev–Trinajstić information content (AvgIpc) is 2.94. The molecule has 2 aliphatic rings. The molecule has 1 aromatic rings. The van der Waals surface area contributed by atoms with Crippen LogP contribution in [0, 0.1) is 5.92 Å². The first-order chi connectivity index (χ1) is 9.76. The fraction of sp³-hybridized carbons (Fsp3) is 0.667. The predicted octanol–water partition coefficient (Wildman–Crippen LogP) is 4.24. The van der Waals surface area contributed by atoms with Gasteiger partial charge in [0.1, 0.15) is 5.75 Å². The maximum Gasteiger partial charge on any atom is 0.122 e. The van der Waals surface area contributed by atoms with Gasteiger partial charge in [0.15, 0.2) is 0 Å². The summed E-state index contributed by atoms with van der Waals surface area (Å²) in [4.78, 5) is 0. The number of benzene rings is 1. The van der Waals surface area contributed by atoms with Crippen LogP contribution in [0.25, 0.3) is 0 Å². The van der Waals surface area contributed by atoms with Gasteiger partial charge in [-0.3, -0.25) is 0 Å². The molecule has 1 aromatic carbocycles. The van der Waals surface area contributed by atoms with Gasteiger partial charge < -0.3 is 10.1 Å². The van der Waals surface area contributed by atoms with Gasteiger partial charge in [0.2, 0.25) is 0 Å². The van der Waals surface area contributed by atoms with E-state index in [-0.39, 0.29) is 0 Å². The van der Waals surface area contributed by atoms with Crippen molar-refractivity contribution in [3.8, 4) is 5.75 Å². The van der Waals surface area contributed by atoms with Crippen LogP contribution in [0.3, 0.4) is 0 Å². The Morgan fingerprint density at radius 2 is 2.25 bits per heavy atom. The van der Waals surface area contributed by atoms with E-state index in [9.17, 15) is 0 Å². The topological polar surface area (TPSA) is 21.3 Å². The Hall–Kier alpha value is -1.02. The molecule has 0 radical (unpaired) electrons. The van der Waals surface area contributed by atoms with Crippen LogP contribution in [-0.2, 0) is 6.42 Å². The lowest BCUT2D eigenvalue weighted by atomic mass is 9.84. The lowest BCUT2D eigenvalue weighted by Gasteiger charge is -2.31. The van der Waals surface area contributed by atoms with E-state index in [1.165, 1.54) is 43.2 Å². The van der Waals surface area contributed by atoms with Crippen molar-refractivity contribution < 1.29 is 4.74 Å². The van der Waals surface area contributed by atoms with Gasteiger partial charge in [0, 0.05) is 18.5 Å². The summed E-state index contributed by atoms with van der Waals surface area (Å²) in [5.74, 6) is 2.02. The molecule has 0 bridgehead atoms. The van der Waals surface area contributed by atoms with Crippen LogP contribution in [0.5, 0.6) is 5.75 Å². The summed E-state index contributed by atoms with van der Waals surface area (Å²) >= 11 is 0. The SMILES string of the molecule is CCC1CCCC(NC(C)c2ccc3c(c2)CCO3)C1. The number of hydrogen-bond donors (Lipinski definition) is 1. The standard InChI is InChI=1S/C18H27NO/c1-3-14-5-4-6-17(11-14)19-13(2)15-7-8-18-16(12-15)9-10-20-18/h7-8,12-14,17,19H,3-6,9-11H2,1-2H3. The van der Waals surface area contributed by atoms with Gasteiger partial charge in [0.25, 0.3) is 0 Å². The van der Waals surface area contributed by atoms with Crippen LogP contribution in [0.15, 0.2) is 18.2 Å². The highest BCUT2D eigenvalue weighted by atomic mass is 16.5. The van der Waals surface area contributed by atoms with Gasteiger partial charge in [-0.25, -0.2) is 0 Å². The molecule has 20 heavy (non-hydrogen) atoms. The second kappa shape index (κ2) is 6.17. The Kier molecular flexibility index (Phi) is 4.30. The lowest BCUT2D eigenvalue weighted by Crippen LogP contribution is -2.35. The molecule has 2 heteroatoms. The zero-order valence-corrected chi connectivity index (χ0v) is 12.8. The minimum Gasteiger partial charge on any atom is -0.493 e. The minimum absolute atomic E-state index is 0.446. The maximum absolute atomic E-state index is 5.59. The maximum atomic E-state index is 5.59. The second-order valence-electron chi connectivity index (χ2n) is 6.49. The van der Waals surface area contributed by atoms with E-state index >= 15 is 0 Å². The van der Waals surface area contributed by atoms with E-state index in [0.29, 0.717) is 12.1 Å². The smallest absolute Gasteiger partial charge is 0.122 e. The average molecular weight is 273 g/mol. The molecule has 3 atom stereocenters. The molecule has 0 aromatic heterocycles. The summed E-state index contributed by atoms with van der Waals surface area (Å²) in [5.41, 5.74) is 2.79. The zero-order valence-electron chi connectivity index (χ0n) is 12.8. The van der Waals surface area contributed by atoms with Crippen molar-refractivity contribution in [3.63, 3.8) is 0 Å². The highest BCUT2D eigenvalue weighted by molar-refractivity contribution is 5.40. The van der Waals surface area contributed by atoms with E-state index in [0.717, 1.165) is 24.7 Å². The summed E-state index contributed by atoms with van der Waals surface area (Å²) in [5, 5.41) is 3.85. The summed E-state index contributed by atoms with van der Waals surface area (Å²) in [6.07, 6.45) is 7.92. The first-order valence-electron chi connectivity index (χ1n) is 8.28. The molecule has 2 nitrogen and oxygen atoms in total. The van der Waals surface area contributed by atoms with Gasteiger partial charge in [-0.15, -0.1) is 0 Å². The van der Waals surface area contributed by atoms with Gasteiger partial charge in [-0.05, 0) is 42.9 Å². The van der Waals surface area contributed by atoms with Crippen LogP contribution < -0.4 is 10.1 Å². The van der Waals surface area contributed by atoms with Gasteiger partial charge in [-0.2, -0.15) is 0 Å². The molecule has 110 valence electrons. The normalized spacial score (nSPS) is 26.9. The third kappa shape index (κ3) is 3.01. The molecule has 1 N–H and O–H groups in total. The van der Waals surface area contributed by atoms with E-state index in [4.69, 9.17) is 4.74 Å². The summed E-state index contributed by atoms with van der Waals surface area (Å²) in [7, 11) is 0. The van der Waals surface area contributed by atoms with Gasteiger partial charge in [-0.1, -0.05) is 38.3 Å². The van der Waals surface area contributed by atoms with Crippen LogP contribution in [0.1, 0.15) is 63.1 Å². The number of fused-ring (bicyclic) bond motifs is 1. The summed E-state index contributed by atoms with van der Waals surface area (Å²) < 4.78 is 5.59. The van der Waals surface area contributed by atoms with Crippen LogP contribution in [0.2, 0.25) is 0 Å². The molecule has 1 heterocycles. The Labute approximate surface area is 122 Å². The molecule has 0 saturated heterocycles. The fourth-order valence-electron chi connectivity index (χ4n) is 3.74. The molecular weight excluding hydrogens is 246 g/mol. The quantitative estimate of drug-likeness (QED) is 0.886. The van der Waals surface area contributed by atoms with E-state index in [2.05, 4.69) is 37.4 Å². The monoisotopic (exact) mass is 273 g/mol. The van der Waals surface area contributed by atoms with Crippen LogP contribution in [-0.4, -0.2) is 12.6 Å². The van der Waals surface area contributed by atoms with Crippen molar-refractivity contribution in [3.05, 3.63) is 29.3 Å². The zero-order chi connectivity index (χ0) is 13.9. The van der Waals surface area contributed by atoms with Crippen molar-refractivity contribution in [1.29, 1.82) is 0 Å². The largest absolute Gasteiger partial charge is 0.493 e. The van der Waals surface area contributed by atoms with Crippen LogP contribution >= 0.6 is 0 Å². The second-order valence-corrected chi connectivity index (χ2v) is 6.49. The Morgan fingerprint density at radius 1 is 1.35 bits per heavy atom. The third-order valence-electron chi connectivity index (χ3n) is 5.06. The molecule has 1 aliphatic heterocycles. The lowest BCUT2D eigenvalue weighted by molar-refractivity contribution is 0.266. The van der Waals surface area contributed by atoms with Crippen molar-refractivity contribution in [2.45, 2.75) is 64.5 Å². The van der Waals surface area contributed by atoms with Gasteiger partial charge >= 0.3 is 0 Å². The minimum atomic E-state index is 0.446. The molecule has 1 fully saturated rings. The molecule has 3 rings (SSSR count). The number of rotatable bonds is 4. The Bertz CT molecular complexity index is 457. The number of ether oxygens (including phenoxy) is 1. The predicted molar refractivity (Wildman–Crippen MR) is 83.2 cm³/mol. The van der Waals surface area contributed by atoms with E-state index in [1.807, 2.05) is 0 Å². The molecule has 3 unspecified atom stereocenters. The van der Waals surface area contributed by atoms with E-state index in [1.54, 1.807) is 0 Å². The van der Waals surface area contributed by atoms with Crippen molar-refractivity contribution in [2.24, 2.45) is 5.92 Å². The van der Waals surface area contributed by atoms with Gasteiger partial charge in [0.05, 0.1) is 6.61 Å². The Balaban J connectivity index is 1.62. The molecular formula is C18H27NO. The third-order valence-corrected chi connectivity index (χ3v) is 5.06. The van der Waals surface area contributed by atoms with Crippen molar-refractivity contribution in [1.82, 2.24) is 5.32 Å². The molecule has 1 aliphatic carbocycles. The Morgan fingerprint density at radius 3 is 3.10 bits per heavy atom. The molecule has 0 amide bonds. The first-order valence-corrected chi connectivity index (χ1v) is 8.28. The first kappa shape index (κ1) is 13.9. The highest BCUT2D eigenvalue weighted by Crippen LogP contribution is 2.30. The van der Waals surface area contributed by atoms with Crippen LogP contribution in [0.4, 0.5) is 0 Å². The van der Waals surface area contributed by atoms with Crippen molar-refractivity contribution in [2.75, 3.05) is 6.61 Å². The fourth-order valence-corrected chi connectivity index (χ4v) is 3.74. The summed E-state index contributed by atoms with van der Waals surface area (Å²) in [6.45, 7) is 5.48.